The Labute approximate surface area is 163 Å². The van der Waals surface area contributed by atoms with Gasteiger partial charge in [0.15, 0.2) is 0 Å². The van der Waals surface area contributed by atoms with Gasteiger partial charge in [0, 0.05) is 25.6 Å². The topological polar surface area (TPSA) is 41.1 Å². The van der Waals surface area contributed by atoms with Crippen LogP contribution in [-0.2, 0) is 10.2 Å². The Morgan fingerprint density at radius 1 is 1.12 bits per heavy atom. The lowest BCUT2D eigenvalue weighted by molar-refractivity contribution is -0.149. The predicted molar refractivity (Wildman–Crippen MR) is 107 cm³/mol. The maximum absolute atomic E-state index is 13.2. The second-order valence-electron chi connectivity index (χ2n) is 9.62. The van der Waals surface area contributed by atoms with Gasteiger partial charge in [0.25, 0.3) is 0 Å². The molecule has 1 amide bonds. The summed E-state index contributed by atoms with van der Waals surface area (Å²) in [4.78, 5) is 13.2. The van der Waals surface area contributed by atoms with Gasteiger partial charge in [0.2, 0.25) is 5.91 Å². The van der Waals surface area contributed by atoms with Crippen molar-refractivity contribution in [3.63, 3.8) is 0 Å². The van der Waals surface area contributed by atoms with E-state index in [1.807, 2.05) is 0 Å². The summed E-state index contributed by atoms with van der Waals surface area (Å²) in [6, 6.07) is 9.19. The Bertz CT molecular complexity index is 668. The number of rotatable bonds is 4. The van der Waals surface area contributed by atoms with E-state index in [0.29, 0.717) is 11.8 Å². The van der Waals surface area contributed by atoms with E-state index < -0.39 is 0 Å². The summed E-state index contributed by atoms with van der Waals surface area (Å²) < 4.78 is 0. The molecule has 5 aliphatic rings. The highest BCUT2D eigenvalue weighted by molar-refractivity contribution is 5.85. The van der Waals surface area contributed by atoms with Gasteiger partial charge in [-0.3, -0.25) is 4.79 Å². The molecule has 1 saturated heterocycles. The van der Waals surface area contributed by atoms with Crippen molar-refractivity contribution in [2.45, 2.75) is 50.9 Å². The molecule has 2 unspecified atom stereocenters. The van der Waals surface area contributed by atoms with Crippen LogP contribution in [0.3, 0.4) is 0 Å². The molecule has 3 nitrogen and oxygen atoms in total. The van der Waals surface area contributed by atoms with Crippen LogP contribution in [0.2, 0.25) is 0 Å². The molecular weight excluding hydrogens is 344 g/mol. The molecule has 142 valence electrons. The van der Waals surface area contributed by atoms with Crippen molar-refractivity contribution in [2.75, 3.05) is 19.6 Å². The summed E-state index contributed by atoms with van der Waals surface area (Å²) in [6.07, 6.45) is 7.29. The minimum atomic E-state index is -0.0911. The number of aryl methyl sites for hydroxylation is 1. The van der Waals surface area contributed by atoms with Crippen LogP contribution in [-0.4, -0.2) is 25.5 Å². The number of carbonyl (C=O) groups excluding carboxylic acids is 1. The van der Waals surface area contributed by atoms with Gasteiger partial charge in [-0.25, -0.2) is 0 Å². The van der Waals surface area contributed by atoms with Gasteiger partial charge in [0.1, 0.15) is 0 Å². The normalized spacial score (nSPS) is 37.7. The highest BCUT2D eigenvalue weighted by Crippen LogP contribution is 2.65. The number of amides is 1. The minimum Gasteiger partial charge on any atom is -0.355 e. The fraction of sp³-hybridized carbons (Fsp3) is 0.682. The molecule has 2 atom stereocenters. The Kier molecular flexibility index (Phi) is 4.60. The molecule has 6 rings (SSSR count). The third-order valence-corrected chi connectivity index (χ3v) is 7.62. The van der Waals surface area contributed by atoms with E-state index in [-0.39, 0.29) is 23.2 Å². The molecule has 4 aliphatic carbocycles. The van der Waals surface area contributed by atoms with Crippen LogP contribution in [0, 0.1) is 30.1 Å². The first-order valence-electron chi connectivity index (χ1n) is 10.1. The number of halogens is 1. The van der Waals surface area contributed by atoms with Crippen LogP contribution in [0.15, 0.2) is 24.3 Å². The van der Waals surface area contributed by atoms with Crippen molar-refractivity contribution in [3.8, 4) is 0 Å². The molecule has 1 aliphatic heterocycles. The predicted octanol–water partition coefficient (Wildman–Crippen LogP) is 3.59. The summed E-state index contributed by atoms with van der Waals surface area (Å²) in [6.45, 7) is 5.14. The molecule has 1 aromatic rings. The molecule has 0 spiro atoms. The zero-order chi connectivity index (χ0) is 17.1. The first-order chi connectivity index (χ1) is 12.1. The van der Waals surface area contributed by atoms with Crippen molar-refractivity contribution in [1.82, 2.24) is 10.6 Å². The van der Waals surface area contributed by atoms with E-state index >= 15 is 0 Å². The van der Waals surface area contributed by atoms with Crippen LogP contribution in [0.5, 0.6) is 0 Å². The average molecular weight is 375 g/mol. The van der Waals surface area contributed by atoms with Crippen molar-refractivity contribution in [3.05, 3.63) is 35.4 Å². The molecule has 1 aromatic carbocycles. The molecule has 1 heterocycles. The number of hydrogen-bond donors (Lipinski definition) is 2. The lowest BCUT2D eigenvalue weighted by Gasteiger charge is -2.61. The average Bonchev–Trinajstić information content (AvgIpc) is 2.52. The highest BCUT2D eigenvalue weighted by Gasteiger charge is 2.60. The lowest BCUT2D eigenvalue weighted by Crippen LogP contribution is -2.60. The maximum atomic E-state index is 13.2. The fourth-order valence-corrected chi connectivity index (χ4v) is 6.69. The standard InChI is InChI=1S/C22H30N2O.ClH/c1-15-2-4-19(5-3-15)21-7-16-6-17(8-21)10-22(9-16,14-21)20(25)24-13-18-11-23-12-18;/h2-5,16-18,23H,6-14H2,1H3,(H,24,25);1H. The number of carbonyl (C=O) groups is 1. The molecule has 26 heavy (non-hydrogen) atoms. The van der Waals surface area contributed by atoms with E-state index in [1.54, 1.807) is 0 Å². The van der Waals surface area contributed by atoms with Gasteiger partial charge in [0.05, 0.1) is 5.41 Å². The monoisotopic (exact) mass is 374 g/mol. The minimum absolute atomic E-state index is 0. The molecule has 2 N–H and O–H groups in total. The summed E-state index contributed by atoms with van der Waals surface area (Å²) in [5.74, 6) is 2.51. The largest absolute Gasteiger partial charge is 0.355 e. The first kappa shape index (κ1) is 18.3. The summed E-state index contributed by atoms with van der Waals surface area (Å²) in [5, 5.41) is 6.64. The van der Waals surface area contributed by atoms with Gasteiger partial charge in [-0.1, -0.05) is 29.8 Å². The van der Waals surface area contributed by atoms with E-state index in [2.05, 4.69) is 41.8 Å². The third kappa shape index (κ3) is 2.88. The Balaban J connectivity index is 0.00000168. The Morgan fingerprint density at radius 3 is 2.35 bits per heavy atom. The Morgan fingerprint density at radius 2 is 1.77 bits per heavy atom. The van der Waals surface area contributed by atoms with Gasteiger partial charge >= 0.3 is 0 Å². The second kappa shape index (κ2) is 6.53. The van der Waals surface area contributed by atoms with Crippen LogP contribution >= 0.6 is 12.4 Å². The van der Waals surface area contributed by atoms with Gasteiger partial charge < -0.3 is 10.6 Å². The number of hydrogen-bond acceptors (Lipinski definition) is 2. The van der Waals surface area contributed by atoms with Crippen molar-refractivity contribution < 1.29 is 4.79 Å². The highest BCUT2D eigenvalue weighted by atomic mass is 35.5. The van der Waals surface area contributed by atoms with Gasteiger partial charge in [-0.2, -0.15) is 0 Å². The molecular formula is C22H31ClN2O. The lowest BCUT2D eigenvalue weighted by atomic mass is 9.42. The zero-order valence-corrected chi connectivity index (χ0v) is 16.5. The fourth-order valence-electron chi connectivity index (χ4n) is 6.69. The summed E-state index contributed by atoms with van der Waals surface area (Å²) in [5.41, 5.74) is 2.99. The van der Waals surface area contributed by atoms with E-state index in [1.165, 1.54) is 30.4 Å². The second-order valence-corrected chi connectivity index (χ2v) is 9.62. The van der Waals surface area contributed by atoms with Crippen LogP contribution in [0.1, 0.15) is 49.7 Å². The molecule has 0 aromatic heterocycles. The van der Waals surface area contributed by atoms with Crippen LogP contribution in [0.25, 0.3) is 0 Å². The summed E-state index contributed by atoms with van der Waals surface area (Å²) >= 11 is 0. The van der Waals surface area contributed by atoms with Crippen LogP contribution < -0.4 is 10.6 Å². The molecule has 4 saturated carbocycles. The smallest absolute Gasteiger partial charge is 0.226 e. The van der Waals surface area contributed by atoms with Crippen molar-refractivity contribution in [2.24, 2.45) is 23.2 Å². The molecule has 4 bridgehead atoms. The molecule has 4 heteroatoms. The van der Waals surface area contributed by atoms with Gasteiger partial charge in [-0.05, 0) is 68.3 Å². The number of benzene rings is 1. The van der Waals surface area contributed by atoms with E-state index in [9.17, 15) is 4.79 Å². The number of nitrogens with one attached hydrogen (secondary N) is 2. The SMILES string of the molecule is Cc1ccc(C23CC4CC(CC(C(=O)NCC5CNC5)(C4)C2)C3)cc1.Cl. The third-order valence-electron chi connectivity index (χ3n) is 7.62. The van der Waals surface area contributed by atoms with Crippen molar-refractivity contribution in [1.29, 1.82) is 0 Å². The van der Waals surface area contributed by atoms with Crippen LogP contribution in [0.4, 0.5) is 0 Å². The summed E-state index contributed by atoms with van der Waals surface area (Å²) in [7, 11) is 0. The molecule has 5 fully saturated rings. The van der Waals surface area contributed by atoms with Crippen molar-refractivity contribution >= 4 is 18.3 Å². The zero-order valence-electron chi connectivity index (χ0n) is 15.7. The first-order valence-corrected chi connectivity index (χ1v) is 10.1. The van der Waals surface area contributed by atoms with E-state index in [4.69, 9.17) is 0 Å². The Hall–Kier alpha value is -1.06. The quantitative estimate of drug-likeness (QED) is 0.845. The van der Waals surface area contributed by atoms with Gasteiger partial charge in [-0.15, -0.1) is 12.4 Å². The van der Waals surface area contributed by atoms with E-state index in [0.717, 1.165) is 50.7 Å². The molecule has 0 radical (unpaired) electrons. The maximum Gasteiger partial charge on any atom is 0.226 e.